The Labute approximate surface area is 179 Å². The highest BCUT2D eigenvalue weighted by Gasteiger charge is 2.25. The minimum absolute atomic E-state index is 0.0936. The van der Waals surface area contributed by atoms with Gasteiger partial charge in [-0.15, -0.1) is 0 Å². The van der Waals surface area contributed by atoms with Gasteiger partial charge in [0.1, 0.15) is 19.8 Å². The number of fused-ring (bicyclic) bond motifs is 1. The van der Waals surface area contributed by atoms with E-state index in [1.54, 1.807) is 25.1 Å². The lowest BCUT2D eigenvalue weighted by Gasteiger charge is -2.26. The van der Waals surface area contributed by atoms with Crippen LogP contribution in [0, 0.1) is 0 Å². The lowest BCUT2D eigenvalue weighted by molar-refractivity contribution is -0.119. The van der Waals surface area contributed by atoms with Crippen LogP contribution in [0.4, 0.5) is 5.69 Å². The molecule has 2 aliphatic heterocycles. The van der Waals surface area contributed by atoms with Crippen molar-refractivity contribution in [2.24, 2.45) is 0 Å². The van der Waals surface area contributed by atoms with E-state index in [0.717, 1.165) is 30.4 Å². The molecule has 0 radical (unpaired) electrons. The zero-order valence-electron chi connectivity index (χ0n) is 17.8. The summed E-state index contributed by atoms with van der Waals surface area (Å²) in [6.45, 7) is 5.94. The number of sulfonamides is 1. The van der Waals surface area contributed by atoms with Crippen molar-refractivity contribution in [3.8, 4) is 11.5 Å². The minimum Gasteiger partial charge on any atom is -0.486 e. The molecule has 1 N–H and O–H groups in total. The molecule has 0 saturated carbocycles. The third-order valence-electron chi connectivity index (χ3n) is 5.47. The molecule has 0 aliphatic carbocycles. The number of anilines is 1. The Balaban J connectivity index is 1.56. The monoisotopic (exact) mass is 439 g/mol. The Morgan fingerprint density at radius 1 is 1.10 bits per heavy atom. The van der Waals surface area contributed by atoms with Crippen molar-refractivity contribution in [1.29, 1.82) is 0 Å². The highest BCUT2D eigenvalue weighted by Crippen LogP contribution is 2.34. The number of likely N-dealkylation sites (tertiary alicyclic amines) is 1. The fourth-order valence-electron chi connectivity index (χ4n) is 3.77. The first-order chi connectivity index (χ1) is 14.5. The summed E-state index contributed by atoms with van der Waals surface area (Å²) in [5.41, 5.74) is 0.404. The van der Waals surface area contributed by atoms with E-state index in [0.29, 0.717) is 36.9 Å². The first-order valence-corrected chi connectivity index (χ1v) is 12.5. The molecule has 168 valence electrons. The predicted octanol–water partition coefficient (Wildman–Crippen LogP) is 2.00. The zero-order chi connectivity index (χ0) is 21.4. The van der Waals surface area contributed by atoms with E-state index in [9.17, 15) is 13.2 Å². The van der Waals surface area contributed by atoms with Crippen molar-refractivity contribution in [3.63, 3.8) is 0 Å². The normalized spacial score (nSPS) is 17.2. The maximum Gasteiger partial charge on any atom is 0.240 e. The first kappa shape index (κ1) is 22.7. The summed E-state index contributed by atoms with van der Waals surface area (Å²) in [6, 6.07) is 4.95. The quantitative estimate of drug-likeness (QED) is 0.592. The molecule has 0 aromatic heterocycles. The molecule has 2 aliphatic rings. The minimum atomic E-state index is -3.62. The smallest absolute Gasteiger partial charge is 0.240 e. The Morgan fingerprint density at radius 2 is 1.80 bits per heavy atom. The molecular weight excluding hydrogens is 406 g/mol. The highest BCUT2D eigenvalue weighted by atomic mass is 32.2. The van der Waals surface area contributed by atoms with Gasteiger partial charge in [0, 0.05) is 12.6 Å². The zero-order valence-corrected chi connectivity index (χ0v) is 18.6. The fourth-order valence-corrected chi connectivity index (χ4v) is 4.83. The van der Waals surface area contributed by atoms with Crippen molar-refractivity contribution >= 4 is 21.6 Å². The Hall–Kier alpha value is -2.00. The highest BCUT2D eigenvalue weighted by molar-refractivity contribution is 7.92. The third-order valence-corrected chi connectivity index (χ3v) is 7.21. The molecule has 1 amide bonds. The Bertz CT molecular complexity index is 807. The molecule has 0 atom stereocenters. The maximum atomic E-state index is 12.6. The second-order valence-corrected chi connectivity index (χ2v) is 9.88. The molecule has 1 aromatic carbocycles. The van der Waals surface area contributed by atoms with Gasteiger partial charge in [-0.05, 0) is 58.0 Å². The summed E-state index contributed by atoms with van der Waals surface area (Å²) in [7, 11) is -3.62. The van der Waals surface area contributed by atoms with E-state index in [1.807, 2.05) is 0 Å². The molecule has 9 heteroatoms. The molecule has 2 heterocycles. The van der Waals surface area contributed by atoms with Crippen molar-refractivity contribution < 1.29 is 22.7 Å². The van der Waals surface area contributed by atoms with Crippen LogP contribution in [0.3, 0.4) is 0 Å². The largest absolute Gasteiger partial charge is 0.486 e. The summed E-state index contributed by atoms with van der Waals surface area (Å²) in [5, 5.41) is 2.87. The van der Waals surface area contributed by atoms with Crippen LogP contribution in [0.5, 0.6) is 11.5 Å². The van der Waals surface area contributed by atoms with E-state index < -0.39 is 10.0 Å². The second-order valence-electron chi connectivity index (χ2n) is 7.69. The molecule has 0 spiro atoms. The summed E-state index contributed by atoms with van der Waals surface area (Å²) in [5.74, 6) is 0.673. The van der Waals surface area contributed by atoms with Gasteiger partial charge in [0.25, 0.3) is 0 Å². The van der Waals surface area contributed by atoms with Gasteiger partial charge in [-0.3, -0.25) is 9.10 Å². The van der Waals surface area contributed by atoms with Crippen LogP contribution in [-0.2, 0) is 14.8 Å². The molecule has 30 heavy (non-hydrogen) atoms. The van der Waals surface area contributed by atoms with Crippen molar-refractivity contribution in [2.45, 2.75) is 39.0 Å². The van der Waals surface area contributed by atoms with Gasteiger partial charge in [-0.25, -0.2) is 8.42 Å². The average molecular weight is 440 g/mol. The number of amides is 1. The van der Waals surface area contributed by atoms with Crippen molar-refractivity contribution in [2.75, 3.05) is 56.0 Å². The summed E-state index contributed by atoms with van der Waals surface area (Å²) >= 11 is 0. The number of ether oxygens (including phenoxy) is 2. The van der Waals surface area contributed by atoms with Crippen LogP contribution in [0.2, 0.25) is 0 Å². The number of nitrogens with zero attached hydrogens (tertiary/aromatic N) is 2. The SMILES string of the molecule is CCS(=O)(=O)N(CC(=O)NCCCN1CCCCCC1)c1ccc2c(c1)OCCO2. The number of carbonyl (C=O) groups is 1. The van der Waals surface area contributed by atoms with Crippen LogP contribution in [0.25, 0.3) is 0 Å². The Morgan fingerprint density at radius 3 is 2.50 bits per heavy atom. The standard InChI is InChI=1S/C21H33N3O5S/c1-2-30(26,27)24(18-8-9-19-20(16-18)29-15-14-28-19)17-21(25)22-10-7-13-23-11-5-3-4-6-12-23/h8-9,16H,2-7,10-15,17H2,1H3,(H,22,25). The lowest BCUT2D eigenvalue weighted by Crippen LogP contribution is -2.42. The van der Waals surface area contributed by atoms with Crippen LogP contribution in [0.1, 0.15) is 39.0 Å². The van der Waals surface area contributed by atoms with Crippen LogP contribution >= 0.6 is 0 Å². The van der Waals surface area contributed by atoms with Gasteiger partial charge >= 0.3 is 0 Å². The maximum absolute atomic E-state index is 12.6. The first-order valence-electron chi connectivity index (χ1n) is 10.9. The van der Waals surface area contributed by atoms with Gasteiger partial charge in [0.15, 0.2) is 11.5 Å². The van der Waals surface area contributed by atoms with E-state index in [-0.39, 0.29) is 18.2 Å². The average Bonchev–Trinajstić information content (AvgIpc) is 3.03. The van der Waals surface area contributed by atoms with Crippen LogP contribution < -0.4 is 19.1 Å². The van der Waals surface area contributed by atoms with Gasteiger partial charge in [-0.2, -0.15) is 0 Å². The molecule has 1 aromatic rings. The lowest BCUT2D eigenvalue weighted by atomic mass is 10.2. The van der Waals surface area contributed by atoms with Crippen LogP contribution in [0.15, 0.2) is 18.2 Å². The molecule has 3 rings (SSSR count). The molecule has 0 unspecified atom stereocenters. The van der Waals surface area contributed by atoms with E-state index in [4.69, 9.17) is 9.47 Å². The van der Waals surface area contributed by atoms with E-state index in [1.165, 1.54) is 25.7 Å². The summed E-state index contributed by atoms with van der Waals surface area (Å²) in [4.78, 5) is 14.9. The molecule has 0 bridgehead atoms. The Kier molecular flexibility index (Phi) is 8.21. The van der Waals surface area contributed by atoms with Gasteiger partial charge in [-0.1, -0.05) is 12.8 Å². The van der Waals surface area contributed by atoms with Gasteiger partial charge < -0.3 is 19.7 Å². The second kappa shape index (κ2) is 10.9. The number of nitrogens with one attached hydrogen (secondary N) is 1. The fraction of sp³-hybridized carbons (Fsp3) is 0.667. The molecule has 1 fully saturated rings. The topological polar surface area (TPSA) is 88.2 Å². The van der Waals surface area contributed by atoms with Crippen LogP contribution in [-0.4, -0.2) is 70.9 Å². The van der Waals surface area contributed by atoms with Gasteiger partial charge in [0.2, 0.25) is 15.9 Å². The van der Waals surface area contributed by atoms with Crippen molar-refractivity contribution in [3.05, 3.63) is 18.2 Å². The van der Waals surface area contributed by atoms with E-state index >= 15 is 0 Å². The molecule has 1 saturated heterocycles. The van der Waals surface area contributed by atoms with E-state index in [2.05, 4.69) is 10.2 Å². The third kappa shape index (κ3) is 6.25. The number of hydrogen-bond donors (Lipinski definition) is 1. The van der Waals surface area contributed by atoms with Gasteiger partial charge in [0.05, 0.1) is 11.4 Å². The summed E-state index contributed by atoms with van der Waals surface area (Å²) in [6.07, 6.45) is 5.94. The number of hydrogen-bond acceptors (Lipinski definition) is 6. The van der Waals surface area contributed by atoms with Crippen molar-refractivity contribution in [1.82, 2.24) is 10.2 Å². The number of rotatable bonds is 9. The number of carbonyl (C=O) groups excluding carboxylic acids is 1. The molecular formula is C21H33N3O5S. The summed E-state index contributed by atoms with van der Waals surface area (Å²) < 4.78 is 37.5. The molecule has 8 nitrogen and oxygen atoms in total. The number of benzene rings is 1. The predicted molar refractivity (Wildman–Crippen MR) is 117 cm³/mol.